The molecule has 0 radical (unpaired) electrons. The summed E-state index contributed by atoms with van der Waals surface area (Å²) < 4.78 is 27.1. The molecule has 0 aliphatic rings. The molecule has 122 valence electrons. The Morgan fingerprint density at radius 2 is 1.65 bits per heavy atom. The summed E-state index contributed by atoms with van der Waals surface area (Å²) in [5.41, 5.74) is 1.37. The molecule has 2 rings (SSSR count). The molecule has 2 aromatic rings. The number of carbonyl (C=O) groups excluding carboxylic acids is 1. The number of hydrogen-bond acceptors (Lipinski definition) is 4. The maximum absolute atomic E-state index is 12.3. The van der Waals surface area contributed by atoms with Crippen molar-refractivity contribution >= 4 is 21.7 Å². The number of hydrogen-bond donors (Lipinski definition) is 1. The van der Waals surface area contributed by atoms with Gasteiger partial charge in [0.05, 0.1) is 10.9 Å². The molecule has 2 aromatic carbocycles. The summed E-state index contributed by atoms with van der Waals surface area (Å²) in [7, 11) is -3.71. The second-order valence-electron chi connectivity index (χ2n) is 5.35. The average molecular weight is 332 g/mol. The summed E-state index contributed by atoms with van der Waals surface area (Å²) in [5, 5.41) is 10.7. The average Bonchev–Trinajstić information content (AvgIpc) is 2.54. The van der Waals surface area contributed by atoms with Crippen LogP contribution in [0.15, 0.2) is 53.4 Å². The van der Waals surface area contributed by atoms with Crippen LogP contribution in [0.2, 0.25) is 0 Å². The maximum Gasteiger partial charge on any atom is 0.261 e. The van der Waals surface area contributed by atoms with Gasteiger partial charge in [-0.05, 0) is 47.7 Å². The molecule has 0 saturated heterocycles. The van der Waals surface area contributed by atoms with E-state index in [1.54, 1.807) is 12.1 Å². The van der Waals surface area contributed by atoms with E-state index in [1.165, 1.54) is 24.3 Å². The van der Waals surface area contributed by atoms with E-state index >= 15 is 0 Å². The molecule has 0 fully saturated rings. The van der Waals surface area contributed by atoms with Crippen molar-refractivity contribution in [2.45, 2.75) is 31.1 Å². The lowest BCUT2D eigenvalue weighted by Crippen LogP contribution is -2.22. The first-order chi connectivity index (χ1) is 10.8. The summed E-state index contributed by atoms with van der Waals surface area (Å²) in [6.45, 7) is 4.16. The molecule has 0 unspecified atom stereocenters. The van der Waals surface area contributed by atoms with Gasteiger partial charge in [0, 0.05) is 5.69 Å². The molecule has 0 spiro atoms. The van der Waals surface area contributed by atoms with Gasteiger partial charge < -0.3 is 9.90 Å². The van der Waals surface area contributed by atoms with Crippen molar-refractivity contribution in [1.82, 2.24) is 0 Å². The van der Waals surface area contributed by atoms with E-state index in [4.69, 9.17) is 0 Å². The zero-order valence-electron chi connectivity index (χ0n) is 12.9. The van der Waals surface area contributed by atoms with Crippen LogP contribution in [-0.4, -0.2) is 14.4 Å². The molecule has 0 saturated carbocycles. The normalized spacial score (nSPS) is 12.6. The second-order valence-corrected chi connectivity index (χ2v) is 7.03. The molecule has 0 amide bonds. The van der Waals surface area contributed by atoms with Crippen molar-refractivity contribution in [1.29, 1.82) is 0 Å². The SMILES string of the molecule is CC[C@H](C)c1ccc(S(=O)(=O)Nc2ccc(C(=O)[O-])cc2)cc1. The monoisotopic (exact) mass is 332 g/mol. The van der Waals surface area contributed by atoms with Crippen LogP contribution in [0.3, 0.4) is 0 Å². The standard InChI is InChI=1S/C17H19NO4S/c1-3-12(2)13-6-10-16(11-7-13)23(21,22)18-15-8-4-14(5-9-15)17(19)20/h4-12,18H,3H2,1-2H3,(H,19,20)/p-1/t12-/m0/s1. The van der Waals surface area contributed by atoms with E-state index < -0.39 is 16.0 Å². The van der Waals surface area contributed by atoms with Crippen molar-refractivity contribution in [2.75, 3.05) is 4.72 Å². The Morgan fingerprint density at radius 1 is 1.09 bits per heavy atom. The highest BCUT2D eigenvalue weighted by Crippen LogP contribution is 2.22. The predicted octanol–water partition coefficient (Wildman–Crippen LogP) is 2.36. The first kappa shape index (κ1) is 17.0. The summed E-state index contributed by atoms with van der Waals surface area (Å²) in [6, 6.07) is 12.1. The third-order valence-corrected chi connectivity index (χ3v) is 5.14. The first-order valence-electron chi connectivity index (χ1n) is 7.27. The number of anilines is 1. The minimum Gasteiger partial charge on any atom is -0.545 e. The van der Waals surface area contributed by atoms with Crippen LogP contribution >= 0.6 is 0 Å². The van der Waals surface area contributed by atoms with Crippen molar-refractivity contribution in [3.05, 3.63) is 59.7 Å². The summed E-state index contributed by atoms with van der Waals surface area (Å²) in [4.78, 5) is 10.8. The van der Waals surface area contributed by atoms with Gasteiger partial charge in [-0.15, -0.1) is 0 Å². The molecule has 0 heterocycles. The van der Waals surface area contributed by atoms with Crippen LogP contribution in [-0.2, 0) is 10.0 Å². The molecule has 6 heteroatoms. The fraction of sp³-hybridized carbons (Fsp3) is 0.235. The lowest BCUT2D eigenvalue weighted by atomic mass is 9.99. The number of carboxylic acids is 1. The van der Waals surface area contributed by atoms with E-state index in [9.17, 15) is 18.3 Å². The number of benzene rings is 2. The van der Waals surface area contributed by atoms with E-state index in [-0.39, 0.29) is 10.5 Å². The number of nitrogens with one attached hydrogen (secondary N) is 1. The van der Waals surface area contributed by atoms with Gasteiger partial charge in [-0.1, -0.05) is 38.1 Å². The maximum atomic E-state index is 12.3. The van der Waals surface area contributed by atoms with Crippen LogP contribution in [0.5, 0.6) is 0 Å². The minimum atomic E-state index is -3.71. The number of sulfonamides is 1. The Kier molecular flexibility index (Phi) is 5.05. The fourth-order valence-corrected chi connectivity index (χ4v) is 3.16. The van der Waals surface area contributed by atoms with Crippen LogP contribution in [0.1, 0.15) is 42.1 Å². The number of aromatic carboxylic acids is 1. The quantitative estimate of drug-likeness (QED) is 0.880. The van der Waals surface area contributed by atoms with E-state index in [0.29, 0.717) is 11.6 Å². The molecule has 0 aromatic heterocycles. The Balaban J connectivity index is 2.19. The van der Waals surface area contributed by atoms with Gasteiger partial charge in [0.25, 0.3) is 10.0 Å². The number of rotatable bonds is 6. The highest BCUT2D eigenvalue weighted by atomic mass is 32.2. The van der Waals surface area contributed by atoms with Crippen molar-refractivity contribution in [2.24, 2.45) is 0 Å². The van der Waals surface area contributed by atoms with Crippen LogP contribution in [0, 0.1) is 0 Å². The second kappa shape index (κ2) is 6.83. The Hall–Kier alpha value is -2.34. The molecular weight excluding hydrogens is 314 g/mol. The molecule has 1 atom stereocenters. The molecule has 0 aliphatic carbocycles. The van der Waals surface area contributed by atoms with E-state index in [1.807, 2.05) is 12.1 Å². The molecule has 23 heavy (non-hydrogen) atoms. The summed E-state index contributed by atoms with van der Waals surface area (Å²) >= 11 is 0. The predicted molar refractivity (Wildman–Crippen MR) is 86.7 cm³/mol. The third kappa shape index (κ3) is 4.10. The van der Waals surface area contributed by atoms with Crippen molar-refractivity contribution in [3.63, 3.8) is 0 Å². The molecule has 5 nitrogen and oxygen atoms in total. The largest absolute Gasteiger partial charge is 0.545 e. The molecule has 0 bridgehead atoms. The van der Waals surface area contributed by atoms with Gasteiger partial charge in [-0.2, -0.15) is 0 Å². The zero-order chi connectivity index (χ0) is 17.0. The molecular formula is C17H18NO4S-. The summed E-state index contributed by atoms with van der Waals surface area (Å²) in [5.74, 6) is -0.933. The van der Waals surface area contributed by atoms with Gasteiger partial charge >= 0.3 is 0 Å². The summed E-state index contributed by atoms with van der Waals surface area (Å²) in [6.07, 6.45) is 0.981. The van der Waals surface area contributed by atoms with Crippen LogP contribution < -0.4 is 9.83 Å². The van der Waals surface area contributed by atoms with Crippen molar-refractivity contribution in [3.8, 4) is 0 Å². The van der Waals surface area contributed by atoms with Crippen LogP contribution in [0.25, 0.3) is 0 Å². The Bertz CT molecular complexity index is 780. The smallest absolute Gasteiger partial charge is 0.261 e. The van der Waals surface area contributed by atoms with E-state index in [0.717, 1.165) is 12.0 Å². The molecule has 1 N–H and O–H groups in total. The Morgan fingerprint density at radius 3 is 2.13 bits per heavy atom. The molecule has 0 aliphatic heterocycles. The first-order valence-corrected chi connectivity index (χ1v) is 8.76. The third-order valence-electron chi connectivity index (χ3n) is 3.74. The number of carbonyl (C=O) groups is 1. The van der Waals surface area contributed by atoms with Gasteiger partial charge in [0.2, 0.25) is 0 Å². The minimum absolute atomic E-state index is 0.00847. The number of carboxylic acid groups (broad SMARTS) is 1. The Labute approximate surface area is 136 Å². The van der Waals surface area contributed by atoms with E-state index in [2.05, 4.69) is 18.6 Å². The van der Waals surface area contributed by atoms with Gasteiger partial charge in [-0.25, -0.2) is 8.42 Å². The lowest BCUT2D eigenvalue weighted by Gasteiger charge is -2.12. The topological polar surface area (TPSA) is 86.3 Å². The highest BCUT2D eigenvalue weighted by Gasteiger charge is 2.14. The highest BCUT2D eigenvalue weighted by molar-refractivity contribution is 7.92. The van der Waals surface area contributed by atoms with Crippen LogP contribution in [0.4, 0.5) is 5.69 Å². The van der Waals surface area contributed by atoms with Gasteiger partial charge in [0.15, 0.2) is 0 Å². The fourth-order valence-electron chi connectivity index (χ4n) is 2.10. The van der Waals surface area contributed by atoms with Gasteiger partial charge in [0.1, 0.15) is 0 Å². The van der Waals surface area contributed by atoms with Crippen molar-refractivity contribution < 1.29 is 18.3 Å². The zero-order valence-corrected chi connectivity index (χ0v) is 13.8. The lowest BCUT2D eigenvalue weighted by molar-refractivity contribution is -0.255. The van der Waals surface area contributed by atoms with Gasteiger partial charge in [-0.3, -0.25) is 4.72 Å².